The number of amides is 2. The Hall–Kier alpha value is -2.70. The zero-order valence-corrected chi connectivity index (χ0v) is 12.0. The van der Waals surface area contributed by atoms with Crippen molar-refractivity contribution in [3.05, 3.63) is 30.3 Å². The second-order valence-electron chi connectivity index (χ2n) is 5.20. The van der Waals surface area contributed by atoms with Crippen molar-refractivity contribution in [1.82, 2.24) is 5.43 Å². The molecule has 22 heavy (non-hydrogen) atoms. The fraction of sp³-hybridized carbons (Fsp3) is 0.333. The molecule has 2 aliphatic heterocycles. The van der Waals surface area contributed by atoms with Crippen LogP contribution < -0.4 is 10.3 Å². The fourth-order valence-electron chi connectivity index (χ4n) is 2.68. The van der Waals surface area contributed by atoms with E-state index < -0.39 is 17.4 Å². The number of imide groups is 1. The van der Waals surface area contributed by atoms with E-state index in [9.17, 15) is 14.4 Å². The molecule has 1 spiro atoms. The number of esters is 1. The van der Waals surface area contributed by atoms with Crippen molar-refractivity contribution in [3.63, 3.8) is 0 Å². The normalized spacial score (nSPS) is 23.7. The minimum atomic E-state index is -1.17. The van der Waals surface area contributed by atoms with Crippen LogP contribution in [0.3, 0.4) is 0 Å². The fourth-order valence-corrected chi connectivity index (χ4v) is 2.68. The van der Waals surface area contributed by atoms with Crippen LogP contribution in [-0.4, -0.2) is 35.6 Å². The van der Waals surface area contributed by atoms with E-state index in [4.69, 9.17) is 4.74 Å². The zero-order valence-electron chi connectivity index (χ0n) is 12.0. The Balaban J connectivity index is 1.83. The van der Waals surface area contributed by atoms with Gasteiger partial charge in [0, 0.05) is 6.42 Å². The second-order valence-corrected chi connectivity index (χ2v) is 5.20. The number of rotatable bonds is 3. The molecule has 7 nitrogen and oxygen atoms in total. The maximum absolute atomic E-state index is 12.7. The number of carbonyl (C=O) groups is 3. The van der Waals surface area contributed by atoms with Crippen molar-refractivity contribution in [2.45, 2.75) is 25.3 Å². The average Bonchev–Trinajstić information content (AvgIpc) is 3.03. The standard InChI is InChI=1S/C15H15N3O4/c1-2-22-13(20)11-8-15(17-16-11)9-12(19)18(14(15)21)10-6-4-3-5-7-10/h3-7,17H,2,8-9H2,1H3/t15-/m0/s1. The number of para-hydroxylation sites is 1. The van der Waals surface area contributed by atoms with E-state index in [0.29, 0.717) is 5.69 Å². The first kappa shape index (κ1) is 14.2. The number of anilines is 1. The van der Waals surface area contributed by atoms with E-state index in [1.165, 1.54) is 0 Å². The molecule has 2 amide bonds. The summed E-state index contributed by atoms with van der Waals surface area (Å²) in [6.07, 6.45) is 0.0207. The van der Waals surface area contributed by atoms with Gasteiger partial charge in [0.2, 0.25) is 5.91 Å². The molecule has 0 radical (unpaired) electrons. The summed E-state index contributed by atoms with van der Waals surface area (Å²) in [5.41, 5.74) is 2.16. The quantitative estimate of drug-likeness (QED) is 0.652. The molecular weight excluding hydrogens is 286 g/mol. The number of carbonyl (C=O) groups excluding carboxylic acids is 3. The molecule has 2 aliphatic rings. The molecule has 114 valence electrons. The van der Waals surface area contributed by atoms with Crippen LogP contribution in [0.25, 0.3) is 0 Å². The van der Waals surface area contributed by atoms with Crippen LogP contribution in [0, 0.1) is 0 Å². The van der Waals surface area contributed by atoms with E-state index >= 15 is 0 Å². The van der Waals surface area contributed by atoms with Crippen molar-refractivity contribution in [2.75, 3.05) is 11.5 Å². The SMILES string of the molecule is CCOC(=O)C1=NN[C@]2(CC(=O)N(c3ccccc3)C2=O)C1. The van der Waals surface area contributed by atoms with Gasteiger partial charge < -0.3 is 4.74 Å². The van der Waals surface area contributed by atoms with E-state index in [1.54, 1.807) is 37.3 Å². The smallest absolute Gasteiger partial charge is 0.354 e. The number of ether oxygens (including phenoxy) is 1. The maximum Gasteiger partial charge on any atom is 0.354 e. The van der Waals surface area contributed by atoms with Gasteiger partial charge in [-0.05, 0) is 19.1 Å². The van der Waals surface area contributed by atoms with E-state index in [1.807, 2.05) is 0 Å². The Morgan fingerprint density at radius 3 is 2.73 bits per heavy atom. The molecule has 1 atom stereocenters. The molecule has 0 aliphatic carbocycles. The molecule has 0 unspecified atom stereocenters. The topological polar surface area (TPSA) is 88.1 Å². The summed E-state index contributed by atoms with van der Waals surface area (Å²) >= 11 is 0. The Labute approximate surface area is 126 Å². The summed E-state index contributed by atoms with van der Waals surface area (Å²) in [5, 5.41) is 3.89. The van der Waals surface area contributed by atoms with Gasteiger partial charge in [0.05, 0.1) is 18.7 Å². The lowest BCUT2D eigenvalue weighted by Gasteiger charge is -2.20. The summed E-state index contributed by atoms with van der Waals surface area (Å²) in [6, 6.07) is 8.70. The molecule has 1 fully saturated rings. The second kappa shape index (κ2) is 5.25. The molecule has 3 rings (SSSR count). The summed E-state index contributed by atoms with van der Waals surface area (Å²) in [6.45, 7) is 1.92. The highest BCUT2D eigenvalue weighted by molar-refractivity contribution is 6.39. The van der Waals surface area contributed by atoms with Gasteiger partial charge in [-0.15, -0.1) is 0 Å². The minimum absolute atomic E-state index is 0.0346. The highest BCUT2D eigenvalue weighted by atomic mass is 16.5. The number of hydrogen-bond acceptors (Lipinski definition) is 6. The predicted molar refractivity (Wildman–Crippen MR) is 78.1 cm³/mol. The van der Waals surface area contributed by atoms with Gasteiger partial charge in [0.25, 0.3) is 5.91 Å². The van der Waals surface area contributed by atoms with Gasteiger partial charge in [0.1, 0.15) is 11.3 Å². The van der Waals surface area contributed by atoms with Crippen LogP contribution in [0.15, 0.2) is 35.4 Å². The highest BCUT2D eigenvalue weighted by Crippen LogP contribution is 2.34. The largest absolute Gasteiger partial charge is 0.461 e. The Morgan fingerprint density at radius 2 is 2.05 bits per heavy atom. The highest BCUT2D eigenvalue weighted by Gasteiger charge is 2.56. The van der Waals surface area contributed by atoms with E-state index in [-0.39, 0.29) is 31.1 Å². The summed E-state index contributed by atoms with van der Waals surface area (Å²) in [5.74, 6) is -1.28. The van der Waals surface area contributed by atoms with Gasteiger partial charge in [-0.25, -0.2) is 9.69 Å². The van der Waals surface area contributed by atoms with Crippen molar-refractivity contribution >= 4 is 29.2 Å². The Bertz CT molecular complexity index is 671. The van der Waals surface area contributed by atoms with Gasteiger partial charge in [-0.2, -0.15) is 5.10 Å². The van der Waals surface area contributed by atoms with Crippen molar-refractivity contribution in [3.8, 4) is 0 Å². The molecule has 1 aromatic carbocycles. The van der Waals surface area contributed by atoms with Crippen LogP contribution in [0.5, 0.6) is 0 Å². The van der Waals surface area contributed by atoms with E-state index in [2.05, 4.69) is 10.5 Å². The monoisotopic (exact) mass is 301 g/mol. The number of benzene rings is 1. The predicted octanol–water partition coefficient (Wildman–Crippen LogP) is 0.601. The third-order valence-electron chi connectivity index (χ3n) is 3.71. The average molecular weight is 301 g/mol. The number of hydrazone groups is 1. The van der Waals surface area contributed by atoms with Crippen LogP contribution in [0.4, 0.5) is 5.69 Å². The summed E-state index contributed by atoms with van der Waals surface area (Å²) < 4.78 is 4.88. The Morgan fingerprint density at radius 1 is 1.32 bits per heavy atom. The number of nitrogens with zero attached hydrogens (tertiary/aromatic N) is 2. The maximum atomic E-state index is 12.7. The summed E-state index contributed by atoms with van der Waals surface area (Å²) in [4.78, 5) is 37.8. The third-order valence-corrected chi connectivity index (χ3v) is 3.71. The lowest BCUT2D eigenvalue weighted by atomic mass is 9.93. The molecule has 0 bridgehead atoms. The van der Waals surface area contributed by atoms with Gasteiger partial charge in [0.15, 0.2) is 0 Å². The third kappa shape index (κ3) is 2.14. The summed E-state index contributed by atoms with van der Waals surface area (Å²) in [7, 11) is 0. The van der Waals surface area contributed by atoms with Crippen molar-refractivity contribution in [1.29, 1.82) is 0 Å². The molecule has 1 aromatic rings. The van der Waals surface area contributed by atoms with Crippen molar-refractivity contribution in [2.24, 2.45) is 5.10 Å². The number of hydrogen-bond donors (Lipinski definition) is 1. The van der Waals surface area contributed by atoms with Gasteiger partial charge >= 0.3 is 5.97 Å². The molecule has 2 heterocycles. The van der Waals surface area contributed by atoms with Crippen LogP contribution in [0.2, 0.25) is 0 Å². The zero-order chi connectivity index (χ0) is 15.7. The number of nitrogens with one attached hydrogen (secondary N) is 1. The molecule has 1 N–H and O–H groups in total. The van der Waals surface area contributed by atoms with Crippen LogP contribution >= 0.6 is 0 Å². The lowest BCUT2D eigenvalue weighted by Crippen LogP contribution is -2.47. The first-order chi connectivity index (χ1) is 10.6. The van der Waals surface area contributed by atoms with Crippen LogP contribution in [-0.2, 0) is 19.1 Å². The molecule has 7 heteroatoms. The van der Waals surface area contributed by atoms with Gasteiger partial charge in [-0.1, -0.05) is 18.2 Å². The van der Waals surface area contributed by atoms with Gasteiger partial charge in [-0.3, -0.25) is 15.0 Å². The van der Waals surface area contributed by atoms with E-state index in [0.717, 1.165) is 4.90 Å². The minimum Gasteiger partial charge on any atom is -0.461 e. The Kier molecular flexibility index (Phi) is 3.40. The molecule has 0 aromatic heterocycles. The first-order valence-electron chi connectivity index (χ1n) is 7.01. The van der Waals surface area contributed by atoms with Crippen molar-refractivity contribution < 1.29 is 19.1 Å². The molecular formula is C15H15N3O4. The van der Waals surface area contributed by atoms with Crippen LogP contribution in [0.1, 0.15) is 19.8 Å². The lowest BCUT2D eigenvalue weighted by molar-refractivity contribution is -0.135. The first-order valence-corrected chi connectivity index (χ1v) is 7.01. The molecule has 1 saturated heterocycles. The molecule has 0 saturated carbocycles.